The standard InChI is InChI=1S/C13H13F2N3O/c1-2-19-7-13-17-11(6-12(16)18-13)8-3-9(14)5-10(15)4-8/h3-6H,2,7H2,1H3,(H2,16,17,18). The first-order chi connectivity index (χ1) is 9.08. The second-order valence-corrected chi connectivity index (χ2v) is 3.89. The van der Waals surface area contributed by atoms with Crippen LogP contribution in [-0.4, -0.2) is 16.6 Å². The van der Waals surface area contributed by atoms with Gasteiger partial charge in [-0.05, 0) is 19.1 Å². The van der Waals surface area contributed by atoms with Gasteiger partial charge >= 0.3 is 0 Å². The van der Waals surface area contributed by atoms with Crippen molar-refractivity contribution < 1.29 is 13.5 Å². The lowest BCUT2D eigenvalue weighted by Gasteiger charge is -2.06. The summed E-state index contributed by atoms with van der Waals surface area (Å²) >= 11 is 0. The van der Waals surface area contributed by atoms with Gasteiger partial charge in [0.2, 0.25) is 0 Å². The van der Waals surface area contributed by atoms with Gasteiger partial charge in [0, 0.05) is 24.3 Å². The monoisotopic (exact) mass is 265 g/mol. The van der Waals surface area contributed by atoms with E-state index in [1.54, 1.807) is 0 Å². The lowest BCUT2D eigenvalue weighted by atomic mass is 10.1. The topological polar surface area (TPSA) is 61.0 Å². The SMILES string of the molecule is CCOCc1nc(N)cc(-c2cc(F)cc(F)c2)n1. The van der Waals surface area contributed by atoms with Crippen molar-refractivity contribution in [2.24, 2.45) is 0 Å². The second-order valence-electron chi connectivity index (χ2n) is 3.89. The third-order valence-electron chi connectivity index (χ3n) is 2.39. The maximum Gasteiger partial charge on any atom is 0.157 e. The highest BCUT2D eigenvalue weighted by Crippen LogP contribution is 2.21. The number of benzene rings is 1. The van der Waals surface area contributed by atoms with Gasteiger partial charge in [-0.1, -0.05) is 0 Å². The Morgan fingerprint density at radius 3 is 2.42 bits per heavy atom. The summed E-state index contributed by atoms with van der Waals surface area (Å²) in [5.41, 5.74) is 6.32. The highest BCUT2D eigenvalue weighted by molar-refractivity contribution is 5.61. The molecular formula is C13H13F2N3O. The van der Waals surface area contributed by atoms with Crippen molar-refractivity contribution in [3.8, 4) is 11.3 Å². The smallest absolute Gasteiger partial charge is 0.157 e. The van der Waals surface area contributed by atoms with Crippen molar-refractivity contribution in [3.05, 3.63) is 41.7 Å². The van der Waals surface area contributed by atoms with Crippen LogP contribution in [0, 0.1) is 11.6 Å². The number of hydrogen-bond donors (Lipinski definition) is 1. The van der Waals surface area contributed by atoms with Crippen molar-refractivity contribution in [2.45, 2.75) is 13.5 Å². The number of anilines is 1. The van der Waals surface area contributed by atoms with Crippen molar-refractivity contribution in [2.75, 3.05) is 12.3 Å². The van der Waals surface area contributed by atoms with E-state index >= 15 is 0 Å². The molecule has 2 N–H and O–H groups in total. The van der Waals surface area contributed by atoms with E-state index in [0.29, 0.717) is 23.7 Å². The summed E-state index contributed by atoms with van der Waals surface area (Å²) in [7, 11) is 0. The summed E-state index contributed by atoms with van der Waals surface area (Å²) in [6.07, 6.45) is 0. The number of aromatic nitrogens is 2. The molecule has 2 rings (SSSR count). The zero-order valence-corrected chi connectivity index (χ0v) is 10.4. The first-order valence-corrected chi connectivity index (χ1v) is 5.76. The van der Waals surface area contributed by atoms with Crippen LogP contribution in [0.1, 0.15) is 12.7 Å². The fourth-order valence-electron chi connectivity index (χ4n) is 1.63. The van der Waals surface area contributed by atoms with Gasteiger partial charge in [0.1, 0.15) is 24.1 Å². The molecule has 0 aliphatic rings. The number of nitrogen functional groups attached to an aromatic ring is 1. The second kappa shape index (κ2) is 5.71. The van der Waals surface area contributed by atoms with Gasteiger partial charge in [-0.25, -0.2) is 18.7 Å². The van der Waals surface area contributed by atoms with E-state index in [1.807, 2.05) is 6.92 Å². The maximum absolute atomic E-state index is 13.2. The van der Waals surface area contributed by atoms with Crippen LogP contribution in [-0.2, 0) is 11.3 Å². The molecule has 1 heterocycles. The predicted molar refractivity (Wildman–Crippen MR) is 67.1 cm³/mol. The summed E-state index contributed by atoms with van der Waals surface area (Å²) in [5.74, 6) is -0.733. The highest BCUT2D eigenvalue weighted by atomic mass is 19.1. The average Bonchev–Trinajstić information content (AvgIpc) is 2.34. The quantitative estimate of drug-likeness (QED) is 0.922. The molecule has 0 atom stereocenters. The Hall–Kier alpha value is -2.08. The minimum absolute atomic E-state index is 0.201. The van der Waals surface area contributed by atoms with E-state index in [4.69, 9.17) is 10.5 Å². The molecule has 0 unspecified atom stereocenters. The zero-order chi connectivity index (χ0) is 13.8. The van der Waals surface area contributed by atoms with Crippen LogP contribution in [0.2, 0.25) is 0 Å². The molecule has 6 heteroatoms. The molecule has 0 amide bonds. The molecule has 0 aliphatic heterocycles. The van der Waals surface area contributed by atoms with Crippen molar-refractivity contribution in [1.82, 2.24) is 9.97 Å². The van der Waals surface area contributed by atoms with Gasteiger partial charge in [-0.3, -0.25) is 0 Å². The fourth-order valence-corrected chi connectivity index (χ4v) is 1.63. The molecule has 0 fully saturated rings. The van der Waals surface area contributed by atoms with Crippen LogP contribution < -0.4 is 5.73 Å². The first kappa shape index (κ1) is 13.4. The summed E-state index contributed by atoms with van der Waals surface area (Å²) in [4.78, 5) is 8.17. The minimum Gasteiger partial charge on any atom is -0.384 e. The van der Waals surface area contributed by atoms with Gasteiger partial charge < -0.3 is 10.5 Å². The Kier molecular flexibility index (Phi) is 4.01. The molecule has 19 heavy (non-hydrogen) atoms. The molecule has 1 aromatic heterocycles. The maximum atomic E-state index is 13.2. The average molecular weight is 265 g/mol. The summed E-state index contributed by atoms with van der Waals surface area (Å²) in [6, 6.07) is 4.64. The minimum atomic E-state index is -0.668. The van der Waals surface area contributed by atoms with E-state index < -0.39 is 11.6 Å². The molecule has 0 spiro atoms. The van der Waals surface area contributed by atoms with Crippen molar-refractivity contribution in [3.63, 3.8) is 0 Å². The van der Waals surface area contributed by atoms with E-state index in [9.17, 15) is 8.78 Å². The molecule has 0 saturated heterocycles. The first-order valence-electron chi connectivity index (χ1n) is 5.76. The van der Waals surface area contributed by atoms with Crippen molar-refractivity contribution in [1.29, 1.82) is 0 Å². The Bertz CT molecular complexity index is 570. The molecule has 0 radical (unpaired) electrons. The van der Waals surface area contributed by atoms with E-state index in [0.717, 1.165) is 6.07 Å². The number of nitrogens with two attached hydrogens (primary N) is 1. The molecule has 4 nitrogen and oxygen atoms in total. The van der Waals surface area contributed by atoms with Crippen LogP contribution in [0.25, 0.3) is 11.3 Å². The molecule has 0 aliphatic carbocycles. The fraction of sp³-hybridized carbons (Fsp3) is 0.231. The molecular weight excluding hydrogens is 252 g/mol. The summed E-state index contributed by atoms with van der Waals surface area (Å²) in [5, 5.41) is 0. The number of hydrogen-bond acceptors (Lipinski definition) is 4. The van der Waals surface area contributed by atoms with Crippen LogP contribution in [0.4, 0.5) is 14.6 Å². The number of nitrogens with zero attached hydrogens (tertiary/aromatic N) is 2. The lowest BCUT2D eigenvalue weighted by molar-refractivity contribution is 0.128. The van der Waals surface area contributed by atoms with Crippen LogP contribution in [0.15, 0.2) is 24.3 Å². The molecule has 2 aromatic rings. The number of rotatable bonds is 4. The normalized spacial score (nSPS) is 10.7. The number of halogens is 2. The predicted octanol–water partition coefficient (Wildman–Crippen LogP) is 2.54. The van der Waals surface area contributed by atoms with Crippen LogP contribution in [0.5, 0.6) is 0 Å². The Morgan fingerprint density at radius 2 is 1.79 bits per heavy atom. The van der Waals surface area contributed by atoms with Crippen LogP contribution >= 0.6 is 0 Å². The van der Waals surface area contributed by atoms with Gasteiger partial charge in [0.05, 0.1) is 5.69 Å². The molecule has 0 saturated carbocycles. The lowest BCUT2D eigenvalue weighted by Crippen LogP contribution is -2.03. The summed E-state index contributed by atoms with van der Waals surface area (Å²) in [6.45, 7) is 2.56. The van der Waals surface area contributed by atoms with Gasteiger partial charge in [-0.2, -0.15) is 0 Å². The molecule has 0 bridgehead atoms. The Labute approximate surface area is 109 Å². The van der Waals surface area contributed by atoms with Crippen molar-refractivity contribution >= 4 is 5.82 Å². The van der Waals surface area contributed by atoms with E-state index in [-0.39, 0.29) is 12.4 Å². The van der Waals surface area contributed by atoms with Gasteiger partial charge in [0.25, 0.3) is 0 Å². The van der Waals surface area contributed by atoms with Gasteiger partial charge in [-0.15, -0.1) is 0 Å². The van der Waals surface area contributed by atoms with Gasteiger partial charge in [0.15, 0.2) is 5.82 Å². The highest BCUT2D eigenvalue weighted by Gasteiger charge is 2.08. The third-order valence-corrected chi connectivity index (χ3v) is 2.39. The Morgan fingerprint density at radius 1 is 1.11 bits per heavy atom. The Balaban J connectivity index is 2.40. The molecule has 1 aromatic carbocycles. The number of ether oxygens (including phenoxy) is 1. The molecule has 100 valence electrons. The largest absolute Gasteiger partial charge is 0.384 e. The summed E-state index contributed by atoms with van der Waals surface area (Å²) < 4.78 is 31.5. The van der Waals surface area contributed by atoms with E-state index in [2.05, 4.69) is 9.97 Å². The zero-order valence-electron chi connectivity index (χ0n) is 10.4. The third kappa shape index (κ3) is 3.45. The van der Waals surface area contributed by atoms with Crippen LogP contribution in [0.3, 0.4) is 0 Å². The van der Waals surface area contributed by atoms with E-state index in [1.165, 1.54) is 18.2 Å².